The quantitative estimate of drug-likeness (QED) is 0.357. The molecular formula is C25H26N8O3. The Balaban J connectivity index is 1.25. The van der Waals surface area contributed by atoms with Crippen LogP contribution in [0.4, 0.5) is 5.82 Å². The molecule has 1 aliphatic rings. The van der Waals surface area contributed by atoms with E-state index in [1.807, 2.05) is 42.0 Å². The van der Waals surface area contributed by atoms with Gasteiger partial charge in [0, 0.05) is 29.9 Å². The number of fused-ring (bicyclic) bond motifs is 3. The molecule has 6 heterocycles. The molecule has 11 heteroatoms. The minimum Gasteiger partial charge on any atom is -0.495 e. The minimum absolute atomic E-state index is 0.168. The molecule has 0 aromatic carbocycles. The Morgan fingerprint density at radius 2 is 2.00 bits per heavy atom. The molecule has 1 aliphatic heterocycles. The Morgan fingerprint density at radius 3 is 2.75 bits per heavy atom. The number of anilines is 1. The van der Waals surface area contributed by atoms with Crippen LogP contribution in [-0.2, 0) is 0 Å². The lowest BCUT2D eigenvalue weighted by molar-refractivity contribution is 0.198. The second-order valence-electron chi connectivity index (χ2n) is 8.61. The summed E-state index contributed by atoms with van der Waals surface area (Å²) in [5.74, 6) is 2.77. The fourth-order valence-electron chi connectivity index (χ4n) is 4.56. The maximum absolute atomic E-state index is 6.39. The first kappa shape index (κ1) is 22.1. The lowest BCUT2D eigenvalue weighted by atomic mass is 10.1. The van der Waals surface area contributed by atoms with Crippen molar-refractivity contribution in [2.75, 3.05) is 31.7 Å². The van der Waals surface area contributed by atoms with Gasteiger partial charge in [-0.25, -0.2) is 14.5 Å². The molecule has 0 bridgehead atoms. The number of nitrogens with two attached hydrogens (primary N) is 1. The number of methoxy groups -OCH3 is 1. The lowest BCUT2D eigenvalue weighted by Crippen LogP contribution is -2.37. The van der Waals surface area contributed by atoms with Crippen LogP contribution in [0.25, 0.3) is 27.7 Å². The predicted molar refractivity (Wildman–Crippen MR) is 135 cm³/mol. The van der Waals surface area contributed by atoms with E-state index in [1.54, 1.807) is 25.6 Å². The van der Waals surface area contributed by atoms with E-state index >= 15 is 0 Å². The summed E-state index contributed by atoms with van der Waals surface area (Å²) in [4.78, 5) is 11.2. The van der Waals surface area contributed by atoms with Crippen molar-refractivity contribution in [3.05, 3.63) is 55.1 Å². The summed E-state index contributed by atoms with van der Waals surface area (Å²) in [7, 11) is 1.60. The highest BCUT2D eigenvalue weighted by Crippen LogP contribution is 2.33. The van der Waals surface area contributed by atoms with Gasteiger partial charge in [-0.3, -0.25) is 5.10 Å². The van der Waals surface area contributed by atoms with E-state index in [2.05, 4.69) is 31.2 Å². The van der Waals surface area contributed by atoms with E-state index in [4.69, 9.17) is 24.9 Å². The highest BCUT2D eigenvalue weighted by atomic mass is 16.5. The van der Waals surface area contributed by atoms with Crippen LogP contribution in [0.5, 0.6) is 17.4 Å². The van der Waals surface area contributed by atoms with Gasteiger partial charge in [-0.1, -0.05) is 0 Å². The van der Waals surface area contributed by atoms with Gasteiger partial charge in [-0.05, 0) is 31.2 Å². The van der Waals surface area contributed by atoms with Crippen molar-refractivity contribution >= 4 is 22.4 Å². The topological polar surface area (TPSA) is 129 Å². The first-order valence-corrected chi connectivity index (χ1v) is 11.7. The largest absolute Gasteiger partial charge is 0.495 e. The van der Waals surface area contributed by atoms with Crippen molar-refractivity contribution < 1.29 is 14.2 Å². The fourth-order valence-corrected chi connectivity index (χ4v) is 4.56. The zero-order chi connectivity index (χ0) is 24.6. The molecule has 0 unspecified atom stereocenters. The molecule has 0 spiro atoms. The molecule has 6 rings (SSSR count). The third-order valence-corrected chi connectivity index (χ3v) is 6.32. The molecule has 11 nitrogen and oxygen atoms in total. The molecule has 1 fully saturated rings. The van der Waals surface area contributed by atoms with E-state index in [0.29, 0.717) is 31.3 Å². The van der Waals surface area contributed by atoms with Gasteiger partial charge in [-0.15, -0.1) is 5.10 Å². The number of rotatable bonds is 7. The Morgan fingerprint density at radius 1 is 1.08 bits per heavy atom. The van der Waals surface area contributed by atoms with Gasteiger partial charge in [0.15, 0.2) is 5.65 Å². The standard InChI is InChI=1S/C25H26N8O3/c1-3-35-17-8-18(24-19-11-29-30-25(19)31-33(24)12-17)15-4-6-22(27-9-15)32-13-20(26)21(14-32)36-23-7-5-16(34-2)10-28-23/h4-12,20-21H,3,13-14,26H2,1-2H3,(H,30,31)/t20-,21-/m0/s1. The van der Waals surface area contributed by atoms with Crippen molar-refractivity contribution in [1.82, 2.24) is 29.8 Å². The lowest BCUT2D eigenvalue weighted by Gasteiger charge is -2.18. The van der Waals surface area contributed by atoms with E-state index in [0.717, 1.165) is 39.2 Å². The van der Waals surface area contributed by atoms with Crippen molar-refractivity contribution in [2.24, 2.45) is 5.73 Å². The summed E-state index contributed by atoms with van der Waals surface area (Å²) < 4.78 is 18.8. The summed E-state index contributed by atoms with van der Waals surface area (Å²) in [6, 6.07) is 9.50. The predicted octanol–water partition coefficient (Wildman–Crippen LogP) is 2.67. The normalized spacial score (nSPS) is 17.7. The van der Waals surface area contributed by atoms with Crippen LogP contribution in [0.15, 0.2) is 55.1 Å². The molecular weight excluding hydrogens is 460 g/mol. The number of pyridine rings is 3. The van der Waals surface area contributed by atoms with Crippen LogP contribution in [0.1, 0.15) is 6.92 Å². The Hall–Kier alpha value is -4.38. The number of nitrogens with one attached hydrogen (secondary N) is 1. The van der Waals surface area contributed by atoms with Gasteiger partial charge in [0.2, 0.25) is 5.88 Å². The fraction of sp³-hybridized carbons (Fsp3) is 0.280. The highest BCUT2D eigenvalue weighted by Gasteiger charge is 2.33. The number of ether oxygens (including phenoxy) is 3. The van der Waals surface area contributed by atoms with Crippen molar-refractivity contribution in [3.8, 4) is 28.5 Å². The van der Waals surface area contributed by atoms with Gasteiger partial charge >= 0.3 is 0 Å². The zero-order valence-electron chi connectivity index (χ0n) is 20.0. The van der Waals surface area contributed by atoms with Crippen LogP contribution in [0.2, 0.25) is 0 Å². The van der Waals surface area contributed by atoms with Crippen LogP contribution in [0.3, 0.4) is 0 Å². The van der Waals surface area contributed by atoms with E-state index < -0.39 is 0 Å². The summed E-state index contributed by atoms with van der Waals surface area (Å²) in [6.45, 7) is 3.77. The maximum Gasteiger partial charge on any atom is 0.213 e. The molecule has 0 saturated carbocycles. The van der Waals surface area contributed by atoms with Crippen molar-refractivity contribution in [1.29, 1.82) is 0 Å². The summed E-state index contributed by atoms with van der Waals surface area (Å²) in [5, 5.41) is 12.6. The third-order valence-electron chi connectivity index (χ3n) is 6.32. The molecule has 1 saturated heterocycles. The van der Waals surface area contributed by atoms with Gasteiger partial charge in [-0.2, -0.15) is 5.10 Å². The van der Waals surface area contributed by atoms with Gasteiger partial charge in [0.05, 0.1) is 55.8 Å². The number of hydrogen-bond acceptors (Lipinski definition) is 9. The highest BCUT2D eigenvalue weighted by molar-refractivity contribution is 6.00. The molecule has 2 atom stereocenters. The van der Waals surface area contributed by atoms with Crippen molar-refractivity contribution in [3.63, 3.8) is 0 Å². The molecule has 184 valence electrons. The average molecular weight is 487 g/mol. The molecule has 0 amide bonds. The van der Waals surface area contributed by atoms with Gasteiger partial charge < -0.3 is 24.8 Å². The van der Waals surface area contributed by atoms with Crippen LogP contribution in [-0.4, -0.2) is 68.7 Å². The SMILES string of the molecule is CCOc1cc(-c2ccc(N3C[C@H](Oc4ccc(OC)cn4)[C@@H](N)C3)nc2)c2c3cn[nH]c3nn2c1. The minimum atomic E-state index is -0.198. The number of aromatic amines is 1. The molecule has 3 N–H and O–H groups in total. The van der Waals surface area contributed by atoms with E-state index in [-0.39, 0.29) is 12.1 Å². The van der Waals surface area contributed by atoms with E-state index in [9.17, 15) is 0 Å². The molecule has 5 aromatic heterocycles. The van der Waals surface area contributed by atoms with Crippen LogP contribution >= 0.6 is 0 Å². The van der Waals surface area contributed by atoms with Crippen LogP contribution in [0, 0.1) is 0 Å². The Bertz CT molecular complexity index is 1500. The van der Waals surface area contributed by atoms with E-state index in [1.165, 1.54) is 0 Å². The summed E-state index contributed by atoms with van der Waals surface area (Å²) >= 11 is 0. The van der Waals surface area contributed by atoms with Gasteiger partial charge in [0.1, 0.15) is 23.4 Å². The summed E-state index contributed by atoms with van der Waals surface area (Å²) in [6.07, 6.45) is 6.96. The number of aromatic nitrogens is 6. The smallest absolute Gasteiger partial charge is 0.213 e. The van der Waals surface area contributed by atoms with Crippen LogP contribution < -0.4 is 24.8 Å². The number of nitrogens with zero attached hydrogens (tertiary/aromatic N) is 6. The number of H-pyrrole nitrogens is 1. The Labute approximate surface area is 206 Å². The average Bonchev–Trinajstić information content (AvgIpc) is 3.59. The Kier molecular flexibility index (Phi) is 5.53. The molecule has 0 aliphatic carbocycles. The van der Waals surface area contributed by atoms with Gasteiger partial charge in [0.25, 0.3) is 0 Å². The number of hydrogen-bond donors (Lipinski definition) is 2. The second-order valence-corrected chi connectivity index (χ2v) is 8.61. The second kappa shape index (κ2) is 9.00. The monoisotopic (exact) mass is 486 g/mol. The van der Waals surface area contributed by atoms with Crippen molar-refractivity contribution in [2.45, 2.75) is 19.1 Å². The first-order chi connectivity index (χ1) is 17.6. The first-order valence-electron chi connectivity index (χ1n) is 11.7. The third kappa shape index (κ3) is 3.93. The molecule has 5 aromatic rings. The zero-order valence-corrected chi connectivity index (χ0v) is 20.0. The summed E-state index contributed by atoms with van der Waals surface area (Å²) in [5.41, 5.74) is 9.97. The maximum atomic E-state index is 6.39. The molecule has 0 radical (unpaired) electrons. The molecule has 36 heavy (non-hydrogen) atoms.